The van der Waals surface area contributed by atoms with Gasteiger partial charge >= 0.3 is 5.97 Å². The van der Waals surface area contributed by atoms with Gasteiger partial charge in [0.1, 0.15) is 15.7 Å². The highest BCUT2D eigenvalue weighted by Crippen LogP contribution is 2.21. The lowest BCUT2D eigenvalue weighted by atomic mass is 10.2. The summed E-state index contributed by atoms with van der Waals surface area (Å²) in [5.74, 6) is -1.31. The van der Waals surface area contributed by atoms with Gasteiger partial charge < -0.3 is 5.11 Å². The van der Waals surface area contributed by atoms with Crippen molar-refractivity contribution in [3.05, 3.63) is 57.0 Å². The molecule has 0 spiro atoms. The molecule has 0 amide bonds. The summed E-state index contributed by atoms with van der Waals surface area (Å²) in [6, 6.07) is 5.92. The van der Waals surface area contributed by atoms with Gasteiger partial charge in [0.15, 0.2) is 0 Å². The van der Waals surface area contributed by atoms with E-state index in [1.807, 2.05) is 6.92 Å². The number of hydrogen-bond donors (Lipinski definition) is 1. The molecule has 122 valence electrons. The maximum atomic E-state index is 13.1. The van der Waals surface area contributed by atoms with Crippen LogP contribution >= 0.6 is 11.3 Å². The zero-order valence-corrected chi connectivity index (χ0v) is 13.7. The van der Waals surface area contributed by atoms with E-state index in [1.165, 1.54) is 12.1 Å². The highest BCUT2D eigenvalue weighted by molar-refractivity contribution is 7.14. The Morgan fingerprint density at radius 3 is 2.54 bits per heavy atom. The second-order valence-corrected chi connectivity index (χ2v) is 6.08. The van der Waals surface area contributed by atoms with Gasteiger partial charge in [0.05, 0.1) is 22.8 Å². The van der Waals surface area contributed by atoms with Crippen molar-refractivity contribution in [2.45, 2.75) is 13.8 Å². The minimum Gasteiger partial charge on any atom is -0.477 e. The molecule has 24 heavy (non-hydrogen) atoms. The lowest BCUT2D eigenvalue weighted by Gasteiger charge is -2.03. The molecule has 2 aromatic heterocycles. The van der Waals surface area contributed by atoms with Crippen LogP contribution in [0.15, 0.2) is 24.3 Å². The molecule has 0 saturated heterocycles. The van der Waals surface area contributed by atoms with Gasteiger partial charge in [0, 0.05) is 0 Å². The van der Waals surface area contributed by atoms with E-state index in [4.69, 9.17) is 5.11 Å². The predicted octanol–water partition coefficient (Wildman–Crippen LogP) is 3.35. The van der Waals surface area contributed by atoms with Gasteiger partial charge in [-0.25, -0.2) is 18.9 Å². The van der Waals surface area contributed by atoms with Gasteiger partial charge in [-0.2, -0.15) is 0 Å². The number of rotatable bonds is 4. The number of aromatic carboxylic acids is 1. The second-order valence-electron chi connectivity index (χ2n) is 5.05. The molecule has 0 aliphatic heterocycles. The van der Waals surface area contributed by atoms with E-state index in [9.17, 15) is 9.18 Å². The molecular weight excluding hydrogens is 331 g/mol. The number of thiazole rings is 1. The van der Waals surface area contributed by atoms with Crippen LogP contribution in [0.1, 0.15) is 31.8 Å². The van der Waals surface area contributed by atoms with Gasteiger partial charge in [-0.3, -0.25) is 0 Å². The Morgan fingerprint density at radius 2 is 1.92 bits per heavy atom. The van der Waals surface area contributed by atoms with Crippen LogP contribution in [0.5, 0.6) is 0 Å². The molecule has 3 aromatic rings. The van der Waals surface area contributed by atoms with E-state index >= 15 is 0 Å². The zero-order valence-electron chi connectivity index (χ0n) is 12.9. The van der Waals surface area contributed by atoms with E-state index in [0.717, 1.165) is 11.3 Å². The van der Waals surface area contributed by atoms with E-state index < -0.39 is 5.97 Å². The van der Waals surface area contributed by atoms with Crippen molar-refractivity contribution >= 4 is 29.5 Å². The van der Waals surface area contributed by atoms with Gasteiger partial charge in [0.25, 0.3) is 0 Å². The molecular formula is C16H13FN4O2S. The summed E-state index contributed by atoms with van der Waals surface area (Å²) in [5, 5.41) is 17.8. The zero-order chi connectivity index (χ0) is 17.3. The summed E-state index contributed by atoms with van der Waals surface area (Å²) in [6.07, 6.45) is 3.48. The van der Waals surface area contributed by atoms with Crippen molar-refractivity contribution < 1.29 is 14.3 Å². The lowest BCUT2D eigenvalue weighted by Crippen LogP contribution is -1.99. The summed E-state index contributed by atoms with van der Waals surface area (Å²) < 4.78 is 14.7. The van der Waals surface area contributed by atoms with Gasteiger partial charge in [0.2, 0.25) is 0 Å². The minimum absolute atomic E-state index is 0.219. The lowest BCUT2D eigenvalue weighted by molar-refractivity contribution is 0.0701. The Hall–Kier alpha value is -2.87. The molecule has 0 fully saturated rings. The monoisotopic (exact) mass is 344 g/mol. The predicted molar refractivity (Wildman–Crippen MR) is 88.8 cm³/mol. The average Bonchev–Trinajstić information content (AvgIpc) is 3.09. The Balaban J connectivity index is 1.96. The molecule has 0 radical (unpaired) electrons. The number of benzene rings is 1. The molecule has 8 heteroatoms. The molecule has 2 heterocycles. The SMILES string of the molecule is Cc1nc(/C=C/c2c(C)nnn2-c2ccc(F)cc2)sc1C(=O)O. The topological polar surface area (TPSA) is 80.9 Å². The average molecular weight is 344 g/mol. The fourth-order valence-corrected chi connectivity index (χ4v) is 2.97. The first kappa shape index (κ1) is 16.0. The second kappa shape index (κ2) is 6.32. The van der Waals surface area contributed by atoms with Crippen LogP contribution in [-0.2, 0) is 0 Å². The van der Waals surface area contributed by atoms with Crippen molar-refractivity contribution in [1.82, 2.24) is 20.0 Å². The van der Waals surface area contributed by atoms with E-state index in [-0.39, 0.29) is 10.7 Å². The first-order valence-corrected chi connectivity index (χ1v) is 7.84. The van der Waals surface area contributed by atoms with Crippen LogP contribution in [0.25, 0.3) is 17.8 Å². The van der Waals surface area contributed by atoms with Crippen LogP contribution in [0.2, 0.25) is 0 Å². The van der Waals surface area contributed by atoms with Crippen LogP contribution in [0.4, 0.5) is 4.39 Å². The van der Waals surface area contributed by atoms with Crippen molar-refractivity contribution in [2.75, 3.05) is 0 Å². The number of carboxylic acid groups (broad SMARTS) is 1. The van der Waals surface area contributed by atoms with Crippen LogP contribution in [0.3, 0.4) is 0 Å². The molecule has 6 nitrogen and oxygen atoms in total. The summed E-state index contributed by atoms with van der Waals surface area (Å²) in [4.78, 5) is 15.5. The summed E-state index contributed by atoms with van der Waals surface area (Å²) in [5.41, 5.74) is 2.57. The smallest absolute Gasteiger partial charge is 0.347 e. The molecule has 3 rings (SSSR count). The van der Waals surface area contributed by atoms with Crippen molar-refractivity contribution in [3.8, 4) is 5.69 Å². The molecule has 0 saturated carbocycles. The van der Waals surface area contributed by atoms with E-state index in [1.54, 1.807) is 35.9 Å². The van der Waals surface area contributed by atoms with Gasteiger partial charge in [-0.1, -0.05) is 5.21 Å². The highest BCUT2D eigenvalue weighted by atomic mass is 32.1. The molecule has 1 aromatic carbocycles. The normalized spacial score (nSPS) is 11.3. The Morgan fingerprint density at radius 1 is 1.21 bits per heavy atom. The molecule has 0 atom stereocenters. The molecule has 1 N–H and O–H groups in total. The minimum atomic E-state index is -0.987. The third kappa shape index (κ3) is 3.09. The van der Waals surface area contributed by atoms with Crippen molar-refractivity contribution in [3.63, 3.8) is 0 Å². The number of nitrogens with zero attached hydrogens (tertiary/aromatic N) is 4. The summed E-state index contributed by atoms with van der Waals surface area (Å²) in [6.45, 7) is 3.47. The quantitative estimate of drug-likeness (QED) is 0.785. The fraction of sp³-hybridized carbons (Fsp3) is 0.125. The number of carboxylic acids is 1. The molecule has 0 aliphatic rings. The molecule has 0 bridgehead atoms. The van der Waals surface area contributed by atoms with Gasteiger partial charge in [-0.15, -0.1) is 16.4 Å². The first-order chi connectivity index (χ1) is 11.5. The Kier molecular flexibility index (Phi) is 4.22. The number of aromatic nitrogens is 4. The highest BCUT2D eigenvalue weighted by Gasteiger charge is 2.13. The maximum Gasteiger partial charge on any atom is 0.347 e. The molecule has 0 unspecified atom stereocenters. The Labute approximate surface area is 140 Å². The number of aryl methyl sites for hydroxylation is 2. The van der Waals surface area contributed by atoms with Crippen molar-refractivity contribution in [2.24, 2.45) is 0 Å². The van der Waals surface area contributed by atoms with Gasteiger partial charge in [-0.05, 0) is 50.3 Å². The van der Waals surface area contributed by atoms with Crippen molar-refractivity contribution in [1.29, 1.82) is 0 Å². The number of carbonyl (C=O) groups is 1. The van der Waals surface area contributed by atoms with Crippen LogP contribution in [0, 0.1) is 19.7 Å². The largest absolute Gasteiger partial charge is 0.477 e. The fourth-order valence-electron chi connectivity index (χ4n) is 2.17. The summed E-state index contributed by atoms with van der Waals surface area (Å²) in [7, 11) is 0. The standard InChI is InChI=1S/C16H13FN4O2S/c1-9-13(7-8-14-18-10(2)15(24-14)16(22)23)21(20-19-9)12-5-3-11(17)4-6-12/h3-8H,1-2H3,(H,22,23)/b8-7+. The molecule has 0 aliphatic carbocycles. The third-order valence-corrected chi connectivity index (χ3v) is 4.46. The first-order valence-electron chi connectivity index (χ1n) is 7.03. The Bertz CT molecular complexity index is 928. The van der Waals surface area contributed by atoms with Crippen LogP contribution in [-0.4, -0.2) is 31.1 Å². The van der Waals surface area contributed by atoms with Crippen LogP contribution < -0.4 is 0 Å². The van der Waals surface area contributed by atoms with E-state index in [0.29, 0.717) is 27.8 Å². The number of halogens is 1. The maximum absolute atomic E-state index is 13.1. The third-order valence-electron chi connectivity index (χ3n) is 3.35. The summed E-state index contributed by atoms with van der Waals surface area (Å²) >= 11 is 1.10. The van der Waals surface area contributed by atoms with E-state index in [2.05, 4.69) is 15.3 Å². The number of hydrogen-bond acceptors (Lipinski definition) is 5.